The summed E-state index contributed by atoms with van der Waals surface area (Å²) in [5, 5.41) is 0. The van der Waals surface area contributed by atoms with Crippen LogP contribution in [0.4, 0.5) is 4.39 Å². The van der Waals surface area contributed by atoms with Crippen LogP contribution in [0.5, 0.6) is 0 Å². The van der Waals surface area contributed by atoms with Crippen molar-refractivity contribution < 1.29 is 4.39 Å². The van der Waals surface area contributed by atoms with Gasteiger partial charge >= 0.3 is 0 Å². The number of hydrogen-bond acceptors (Lipinski definition) is 3. The summed E-state index contributed by atoms with van der Waals surface area (Å²) in [5.41, 5.74) is 8.82. The molecule has 3 nitrogen and oxygen atoms in total. The van der Waals surface area contributed by atoms with Crippen molar-refractivity contribution in [2.24, 2.45) is 5.73 Å². The van der Waals surface area contributed by atoms with Gasteiger partial charge in [0.1, 0.15) is 5.82 Å². The van der Waals surface area contributed by atoms with E-state index in [4.69, 9.17) is 5.73 Å². The molecule has 1 aromatic carbocycles. The van der Waals surface area contributed by atoms with Gasteiger partial charge in [0, 0.05) is 37.1 Å². The molecule has 0 aliphatic heterocycles. The highest BCUT2D eigenvalue weighted by atomic mass is 19.1. The zero-order chi connectivity index (χ0) is 14.5. The molecule has 20 heavy (non-hydrogen) atoms. The molecule has 4 heteroatoms. The molecule has 2 rings (SSSR count). The van der Waals surface area contributed by atoms with E-state index in [1.807, 2.05) is 32.3 Å². The maximum absolute atomic E-state index is 13.7. The molecule has 106 valence electrons. The van der Waals surface area contributed by atoms with Crippen molar-refractivity contribution >= 4 is 0 Å². The quantitative estimate of drug-likeness (QED) is 0.910. The Morgan fingerprint density at radius 2 is 2.05 bits per heavy atom. The monoisotopic (exact) mass is 273 g/mol. The summed E-state index contributed by atoms with van der Waals surface area (Å²) in [6.07, 6.45) is 3.61. The smallest absolute Gasteiger partial charge is 0.127 e. The minimum Gasteiger partial charge on any atom is -0.329 e. The predicted octanol–water partition coefficient (Wildman–Crippen LogP) is 2.66. The summed E-state index contributed by atoms with van der Waals surface area (Å²) in [5.74, 6) is -0.182. The fourth-order valence-corrected chi connectivity index (χ4v) is 2.37. The third-order valence-corrected chi connectivity index (χ3v) is 3.57. The number of benzene rings is 1. The van der Waals surface area contributed by atoms with Gasteiger partial charge in [0.05, 0.1) is 0 Å². The van der Waals surface area contributed by atoms with E-state index in [9.17, 15) is 4.39 Å². The maximum Gasteiger partial charge on any atom is 0.127 e. The summed E-state index contributed by atoms with van der Waals surface area (Å²) in [6, 6.07) is 8.83. The standard InChI is InChI=1S/C16H20FN3/c1-12-7-8-19-10-14(12)16(9-18)20(2)11-13-5-3-4-6-15(13)17/h3-8,10,16H,9,11,18H2,1-2H3. The van der Waals surface area contributed by atoms with Gasteiger partial charge in [-0.2, -0.15) is 0 Å². The fraction of sp³-hybridized carbons (Fsp3) is 0.312. The Hall–Kier alpha value is -1.78. The number of pyridine rings is 1. The fourth-order valence-electron chi connectivity index (χ4n) is 2.37. The molecule has 0 radical (unpaired) electrons. The van der Waals surface area contributed by atoms with Crippen LogP contribution in [0.15, 0.2) is 42.7 Å². The minimum atomic E-state index is -0.182. The van der Waals surface area contributed by atoms with Gasteiger partial charge in [-0.25, -0.2) is 4.39 Å². The molecule has 0 amide bonds. The van der Waals surface area contributed by atoms with E-state index in [2.05, 4.69) is 9.88 Å². The molecular formula is C16H20FN3. The lowest BCUT2D eigenvalue weighted by atomic mass is 10.0. The van der Waals surface area contributed by atoms with Crippen LogP contribution in [-0.4, -0.2) is 23.5 Å². The lowest BCUT2D eigenvalue weighted by molar-refractivity contribution is 0.237. The third kappa shape index (κ3) is 3.21. The number of hydrogen-bond donors (Lipinski definition) is 1. The van der Waals surface area contributed by atoms with E-state index < -0.39 is 0 Å². The van der Waals surface area contributed by atoms with Crippen molar-refractivity contribution in [2.45, 2.75) is 19.5 Å². The van der Waals surface area contributed by atoms with Crippen molar-refractivity contribution in [1.82, 2.24) is 9.88 Å². The highest BCUT2D eigenvalue weighted by Crippen LogP contribution is 2.23. The molecule has 0 fully saturated rings. The zero-order valence-corrected chi connectivity index (χ0v) is 11.9. The number of likely N-dealkylation sites (N-methyl/N-ethyl adjacent to an activating group) is 1. The van der Waals surface area contributed by atoms with E-state index in [0.717, 1.165) is 11.1 Å². The van der Waals surface area contributed by atoms with Crippen LogP contribution in [0.1, 0.15) is 22.7 Å². The first-order valence-electron chi connectivity index (χ1n) is 6.67. The summed E-state index contributed by atoms with van der Waals surface area (Å²) >= 11 is 0. The molecule has 1 unspecified atom stereocenters. The topological polar surface area (TPSA) is 42.1 Å². The van der Waals surface area contributed by atoms with Crippen LogP contribution in [-0.2, 0) is 6.54 Å². The molecule has 1 heterocycles. The molecule has 1 atom stereocenters. The Kier molecular flexibility index (Phi) is 4.82. The first kappa shape index (κ1) is 14.6. The van der Waals surface area contributed by atoms with Gasteiger partial charge in [0.2, 0.25) is 0 Å². The van der Waals surface area contributed by atoms with Crippen LogP contribution < -0.4 is 5.73 Å². The number of nitrogens with zero attached hydrogens (tertiary/aromatic N) is 2. The number of aromatic nitrogens is 1. The van der Waals surface area contributed by atoms with Crippen molar-refractivity contribution in [1.29, 1.82) is 0 Å². The first-order chi connectivity index (χ1) is 9.63. The number of rotatable bonds is 5. The van der Waals surface area contributed by atoms with Crippen LogP contribution in [0.3, 0.4) is 0 Å². The molecule has 0 aliphatic carbocycles. The van der Waals surface area contributed by atoms with E-state index in [1.165, 1.54) is 6.07 Å². The van der Waals surface area contributed by atoms with E-state index >= 15 is 0 Å². The Labute approximate surface area is 119 Å². The summed E-state index contributed by atoms with van der Waals surface area (Å²) in [4.78, 5) is 6.22. The molecular weight excluding hydrogens is 253 g/mol. The lowest BCUT2D eigenvalue weighted by Crippen LogP contribution is -2.31. The Balaban J connectivity index is 2.20. The average molecular weight is 273 g/mol. The minimum absolute atomic E-state index is 0.0308. The van der Waals surface area contributed by atoms with E-state index in [-0.39, 0.29) is 11.9 Å². The number of nitrogens with two attached hydrogens (primary N) is 1. The van der Waals surface area contributed by atoms with Crippen LogP contribution in [0, 0.1) is 12.7 Å². The second-order valence-corrected chi connectivity index (χ2v) is 4.99. The van der Waals surface area contributed by atoms with Crippen molar-refractivity contribution in [2.75, 3.05) is 13.6 Å². The molecule has 0 bridgehead atoms. The van der Waals surface area contributed by atoms with Crippen molar-refractivity contribution in [3.63, 3.8) is 0 Å². The van der Waals surface area contributed by atoms with Crippen molar-refractivity contribution in [3.05, 3.63) is 65.2 Å². The second kappa shape index (κ2) is 6.59. The van der Waals surface area contributed by atoms with Gasteiger partial charge in [-0.05, 0) is 37.2 Å². The Bertz CT molecular complexity index is 571. The molecule has 0 saturated heterocycles. The molecule has 0 aliphatic rings. The third-order valence-electron chi connectivity index (χ3n) is 3.57. The summed E-state index contributed by atoms with van der Waals surface area (Å²) in [7, 11) is 1.95. The zero-order valence-electron chi connectivity index (χ0n) is 11.9. The summed E-state index contributed by atoms with van der Waals surface area (Å²) < 4.78 is 13.7. The second-order valence-electron chi connectivity index (χ2n) is 4.99. The lowest BCUT2D eigenvalue weighted by Gasteiger charge is -2.28. The number of halogens is 1. The van der Waals surface area contributed by atoms with Gasteiger partial charge in [-0.1, -0.05) is 18.2 Å². The van der Waals surface area contributed by atoms with E-state index in [1.54, 1.807) is 18.3 Å². The molecule has 0 saturated carbocycles. The van der Waals surface area contributed by atoms with Gasteiger partial charge in [0.15, 0.2) is 0 Å². The van der Waals surface area contributed by atoms with Gasteiger partial charge in [-0.15, -0.1) is 0 Å². The van der Waals surface area contributed by atoms with Crippen LogP contribution >= 0.6 is 0 Å². The van der Waals surface area contributed by atoms with Gasteiger partial charge in [0.25, 0.3) is 0 Å². The SMILES string of the molecule is Cc1ccncc1C(CN)N(C)Cc1ccccc1F. The van der Waals surface area contributed by atoms with Crippen molar-refractivity contribution in [3.8, 4) is 0 Å². The van der Waals surface area contributed by atoms with Crippen LogP contribution in [0.2, 0.25) is 0 Å². The largest absolute Gasteiger partial charge is 0.329 e. The van der Waals surface area contributed by atoms with Gasteiger partial charge < -0.3 is 5.73 Å². The average Bonchev–Trinajstić information content (AvgIpc) is 2.44. The predicted molar refractivity (Wildman–Crippen MR) is 78.6 cm³/mol. The first-order valence-corrected chi connectivity index (χ1v) is 6.67. The Morgan fingerprint density at radius 1 is 1.30 bits per heavy atom. The molecule has 1 aromatic heterocycles. The normalized spacial score (nSPS) is 12.7. The Morgan fingerprint density at radius 3 is 2.70 bits per heavy atom. The van der Waals surface area contributed by atoms with E-state index in [0.29, 0.717) is 18.7 Å². The highest BCUT2D eigenvalue weighted by molar-refractivity contribution is 5.26. The highest BCUT2D eigenvalue weighted by Gasteiger charge is 2.18. The number of aryl methyl sites for hydroxylation is 1. The molecule has 2 aromatic rings. The van der Waals surface area contributed by atoms with Gasteiger partial charge in [-0.3, -0.25) is 9.88 Å². The molecule has 2 N–H and O–H groups in total. The van der Waals surface area contributed by atoms with Crippen LogP contribution in [0.25, 0.3) is 0 Å². The summed E-state index contributed by atoms with van der Waals surface area (Å²) in [6.45, 7) is 3.02. The molecule has 0 spiro atoms. The maximum atomic E-state index is 13.7.